The summed E-state index contributed by atoms with van der Waals surface area (Å²) in [4.78, 5) is 23.8. The zero-order valence-electron chi connectivity index (χ0n) is 15.1. The molecule has 0 saturated carbocycles. The Balaban J connectivity index is 2.22. The zero-order valence-corrected chi connectivity index (χ0v) is 15.1. The number of aromatic carboxylic acids is 1. The number of hydrogen-bond acceptors (Lipinski definition) is 6. The number of anilines is 1. The molecule has 0 aliphatic rings. The molecular formula is C19H15F3N4O3. The number of nitrogen functional groups attached to an aromatic ring is 1. The van der Waals surface area contributed by atoms with Crippen LogP contribution in [0.25, 0.3) is 22.4 Å². The Morgan fingerprint density at radius 3 is 2.45 bits per heavy atom. The van der Waals surface area contributed by atoms with Gasteiger partial charge in [-0.2, -0.15) is 0 Å². The van der Waals surface area contributed by atoms with Crippen LogP contribution in [0.4, 0.5) is 19.0 Å². The van der Waals surface area contributed by atoms with Gasteiger partial charge in [-0.05, 0) is 30.7 Å². The maximum Gasteiger partial charge on any atom is 0.573 e. The SMILES string of the molecule is CCc1ncnc(-c2ccc(C(=O)O)c(OC(F)(F)F)c2)c1-c1ccc(N)nc1. The van der Waals surface area contributed by atoms with E-state index in [-0.39, 0.29) is 5.56 Å². The summed E-state index contributed by atoms with van der Waals surface area (Å²) in [5.41, 5.74) is 7.37. The molecule has 0 saturated heterocycles. The van der Waals surface area contributed by atoms with Gasteiger partial charge in [0, 0.05) is 22.9 Å². The number of pyridine rings is 1. The van der Waals surface area contributed by atoms with Crippen molar-refractivity contribution < 1.29 is 27.8 Å². The van der Waals surface area contributed by atoms with Crippen LogP contribution < -0.4 is 10.5 Å². The standard InChI is InChI=1S/C19H15F3N4O3/c1-2-13-16(11-4-6-15(23)24-8-11)17(26-9-25-13)10-3-5-12(18(27)28)14(7-10)29-19(20,21)22/h3-9H,2H2,1H3,(H2,23,24)(H,27,28). The Morgan fingerprint density at radius 1 is 1.14 bits per heavy atom. The van der Waals surface area contributed by atoms with Crippen molar-refractivity contribution in [2.24, 2.45) is 0 Å². The summed E-state index contributed by atoms with van der Waals surface area (Å²) in [5, 5.41) is 9.17. The summed E-state index contributed by atoms with van der Waals surface area (Å²) in [6.07, 6.45) is -1.73. The van der Waals surface area contributed by atoms with Gasteiger partial charge in [-0.3, -0.25) is 0 Å². The number of nitrogens with zero attached hydrogens (tertiary/aromatic N) is 3. The molecule has 2 heterocycles. The molecule has 0 radical (unpaired) electrons. The monoisotopic (exact) mass is 404 g/mol. The van der Waals surface area contributed by atoms with Gasteiger partial charge in [-0.15, -0.1) is 13.2 Å². The van der Waals surface area contributed by atoms with Crippen molar-refractivity contribution in [1.29, 1.82) is 0 Å². The molecule has 1 aromatic carbocycles. The second kappa shape index (κ2) is 7.74. The van der Waals surface area contributed by atoms with Crippen molar-refractivity contribution in [3.8, 4) is 28.1 Å². The summed E-state index contributed by atoms with van der Waals surface area (Å²) >= 11 is 0. The van der Waals surface area contributed by atoms with E-state index < -0.39 is 23.6 Å². The first-order chi connectivity index (χ1) is 13.7. The zero-order chi connectivity index (χ0) is 21.2. The van der Waals surface area contributed by atoms with Gasteiger partial charge in [0.25, 0.3) is 0 Å². The first-order valence-corrected chi connectivity index (χ1v) is 8.39. The molecule has 29 heavy (non-hydrogen) atoms. The molecule has 0 spiro atoms. The molecule has 0 amide bonds. The van der Waals surface area contributed by atoms with E-state index in [2.05, 4.69) is 19.7 Å². The summed E-state index contributed by atoms with van der Waals surface area (Å²) in [7, 11) is 0. The second-order valence-corrected chi connectivity index (χ2v) is 5.93. The van der Waals surface area contributed by atoms with E-state index in [1.807, 2.05) is 6.92 Å². The quantitative estimate of drug-likeness (QED) is 0.662. The predicted octanol–water partition coefficient (Wildman–Crippen LogP) is 3.95. The summed E-state index contributed by atoms with van der Waals surface area (Å²) in [6, 6.07) is 6.67. The normalized spacial score (nSPS) is 11.3. The Kier molecular flexibility index (Phi) is 5.35. The minimum absolute atomic E-state index is 0.234. The van der Waals surface area contributed by atoms with Crippen molar-refractivity contribution in [1.82, 2.24) is 15.0 Å². The van der Waals surface area contributed by atoms with Gasteiger partial charge >= 0.3 is 12.3 Å². The number of ether oxygens (including phenoxy) is 1. The Hall–Kier alpha value is -3.69. The minimum Gasteiger partial charge on any atom is -0.478 e. The molecule has 0 unspecified atom stereocenters. The van der Waals surface area contributed by atoms with E-state index in [1.54, 1.807) is 12.1 Å². The van der Waals surface area contributed by atoms with Crippen LogP contribution in [0.1, 0.15) is 23.0 Å². The van der Waals surface area contributed by atoms with Crippen LogP contribution in [0.3, 0.4) is 0 Å². The average Bonchev–Trinajstić information content (AvgIpc) is 2.66. The van der Waals surface area contributed by atoms with Gasteiger partial charge in [0.05, 0.1) is 11.4 Å². The smallest absolute Gasteiger partial charge is 0.478 e. The highest BCUT2D eigenvalue weighted by Crippen LogP contribution is 2.36. The molecule has 0 aliphatic heterocycles. The lowest BCUT2D eigenvalue weighted by Crippen LogP contribution is -2.19. The van der Waals surface area contributed by atoms with Gasteiger partial charge < -0.3 is 15.6 Å². The molecule has 0 aliphatic carbocycles. The fraction of sp³-hybridized carbons (Fsp3) is 0.158. The van der Waals surface area contributed by atoms with E-state index in [0.717, 1.165) is 12.1 Å². The first-order valence-electron chi connectivity index (χ1n) is 8.39. The number of carbonyl (C=O) groups is 1. The third kappa shape index (κ3) is 4.42. The molecule has 150 valence electrons. The van der Waals surface area contributed by atoms with Crippen molar-refractivity contribution in [2.75, 3.05) is 5.73 Å². The lowest BCUT2D eigenvalue weighted by atomic mass is 9.97. The Labute approximate surface area is 163 Å². The van der Waals surface area contributed by atoms with Crippen LogP contribution in [0.5, 0.6) is 5.75 Å². The van der Waals surface area contributed by atoms with Crippen LogP contribution in [0, 0.1) is 0 Å². The molecule has 3 rings (SSSR count). The van der Waals surface area contributed by atoms with Crippen molar-refractivity contribution in [3.63, 3.8) is 0 Å². The van der Waals surface area contributed by atoms with Gasteiger partial charge in [-0.1, -0.05) is 13.0 Å². The minimum atomic E-state index is -5.05. The number of hydrogen-bond donors (Lipinski definition) is 2. The molecule has 0 fully saturated rings. The van der Waals surface area contributed by atoms with Crippen molar-refractivity contribution in [3.05, 3.63) is 54.1 Å². The Morgan fingerprint density at radius 2 is 1.86 bits per heavy atom. The van der Waals surface area contributed by atoms with E-state index >= 15 is 0 Å². The lowest BCUT2D eigenvalue weighted by molar-refractivity contribution is -0.274. The van der Waals surface area contributed by atoms with E-state index in [0.29, 0.717) is 34.8 Å². The number of benzene rings is 1. The lowest BCUT2D eigenvalue weighted by Gasteiger charge is -2.15. The summed E-state index contributed by atoms with van der Waals surface area (Å²) < 4.78 is 42.2. The number of aryl methyl sites for hydroxylation is 1. The van der Waals surface area contributed by atoms with Crippen LogP contribution in [-0.4, -0.2) is 32.4 Å². The molecule has 10 heteroatoms. The van der Waals surface area contributed by atoms with Crippen LogP contribution in [-0.2, 0) is 6.42 Å². The molecule has 0 atom stereocenters. The highest BCUT2D eigenvalue weighted by molar-refractivity contribution is 5.92. The number of aromatic nitrogens is 3. The van der Waals surface area contributed by atoms with Crippen LogP contribution in [0.2, 0.25) is 0 Å². The number of halogens is 3. The van der Waals surface area contributed by atoms with E-state index in [4.69, 9.17) is 5.73 Å². The maximum atomic E-state index is 12.8. The predicted molar refractivity (Wildman–Crippen MR) is 98.1 cm³/mol. The summed E-state index contributed by atoms with van der Waals surface area (Å²) in [5.74, 6) is -2.08. The van der Waals surface area contributed by atoms with Gasteiger partial charge in [-0.25, -0.2) is 19.7 Å². The number of alkyl halides is 3. The third-order valence-corrected chi connectivity index (χ3v) is 4.05. The van der Waals surface area contributed by atoms with Crippen LogP contribution in [0.15, 0.2) is 42.9 Å². The van der Waals surface area contributed by atoms with Crippen molar-refractivity contribution in [2.45, 2.75) is 19.7 Å². The second-order valence-electron chi connectivity index (χ2n) is 5.93. The van der Waals surface area contributed by atoms with Gasteiger partial charge in [0.1, 0.15) is 23.5 Å². The Bertz CT molecular complexity index is 1050. The summed E-state index contributed by atoms with van der Waals surface area (Å²) in [6.45, 7) is 1.87. The highest BCUT2D eigenvalue weighted by Gasteiger charge is 2.33. The molecule has 3 aromatic rings. The molecule has 3 N–H and O–H groups in total. The van der Waals surface area contributed by atoms with Gasteiger partial charge in [0.2, 0.25) is 0 Å². The first kappa shape index (κ1) is 20.1. The topological polar surface area (TPSA) is 111 Å². The largest absolute Gasteiger partial charge is 0.573 e. The fourth-order valence-corrected chi connectivity index (χ4v) is 2.82. The molecule has 2 aromatic heterocycles. The maximum absolute atomic E-state index is 12.8. The number of carboxylic acids is 1. The average molecular weight is 404 g/mol. The van der Waals surface area contributed by atoms with Gasteiger partial charge in [0.15, 0.2) is 0 Å². The fourth-order valence-electron chi connectivity index (χ4n) is 2.82. The number of rotatable bonds is 5. The van der Waals surface area contributed by atoms with Crippen molar-refractivity contribution >= 4 is 11.8 Å². The highest BCUT2D eigenvalue weighted by atomic mass is 19.4. The third-order valence-electron chi connectivity index (χ3n) is 4.05. The van der Waals surface area contributed by atoms with E-state index in [1.165, 1.54) is 18.6 Å². The number of carboxylic acid groups (broad SMARTS) is 1. The molecular weight excluding hydrogens is 389 g/mol. The number of nitrogens with two attached hydrogens (primary N) is 1. The molecule has 0 bridgehead atoms. The van der Waals surface area contributed by atoms with Crippen LogP contribution >= 0.6 is 0 Å². The van der Waals surface area contributed by atoms with E-state index in [9.17, 15) is 23.1 Å². The molecule has 7 nitrogen and oxygen atoms in total.